The fourth-order valence-corrected chi connectivity index (χ4v) is 8.43. The van der Waals surface area contributed by atoms with Crippen LogP contribution in [0.15, 0.2) is 70.6 Å². The molecule has 4 unspecified atom stereocenters. The molecule has 0 aromatic heterocycles. The lowest BCUT2D eigenvalue weighted by molar-refractivity contribution is 0.306. The van der Waals surface area contributed by atoms with E-state index >= 15 is 0 Å². The van der Waals surface area contributed by atoms with Crippen LogP contribution < -0.4 is 0 Å². The molecule has 2 saturated carbocycles. The summed E-state index contributed by atoms with van der Waals surface area (Å²) in [5.74, 6) is 0.975. The van der Waals surface area contributed by atoms with Crippen LogP contribution in [0, 0.1) is 0 Å². The van der Waals surface area contributed by atoms with E-state index in [2.05, 4.69) is 99.9 Å². The van der Waals surface area contributed by atoms with E-state index in [1.165, 1.54) is 61.1 Å². The molecule has 2 fully saturated rings. The predicted octanol–water partition coefficient (Wildman–Crippen LogP) is 10.6. The van der Waals surface area contributed by atoms with Gasteiger partial charge in [0.05, 0.1) is 23.5 Å². The number of hydrogen-bond acceptors (Lipinski definition) is 4. The first kappa shape index (κ1) is 35.0. The summed E-state index contributed by atoms with van der Waals surface area (Å²) in [5.41, 5.74) is 5.39. The molecule has 0 heterocycles. The minimum Gasteiger partial charge on any atom is -0.418 e. The highest BCUT2D eigenvalue weighted by molar-refractivity contribution is 6.70. The van der Waals surface area contributed by atoms with Crippen molar-refractivity contribution in [2.24, 2.45) is 9.98 Å². The van der Waals surface area contributed by atoms with E-state index in [0.717, 1.165) is 51.7 Å². The molecule has 0 N–H and O–H groups in total. The monoisotopic (exact) mass is 632 g/mol. The second kappa shape index (κ2) is 17.2. The van der Waals surface area contributed by atoms with Crippen molar-refractivity contribution in [2.75, 3.05) is 13.2 Å². The van der Waals surface area contributed by atoms with E-state index in [1.54, 1.807) is 0 Å². The van der Waals surface area contributed by atoms with Gasteiger partial charge in [0.15, 0.2) is 16.6 Å². The van der Waals surface area contributed by atoms with Gasteiger partial charge in [-0.2, -0.15) is 0 Å². The maximum absolute atomic E-state index is 6.33. The van der Waals surface area contributed by atoms with E-state index in [9.17, 15) is 0 Å². The van der Waals surface area contributed by atoms with Crippen LogP contribution in [-0.2, 0) is 8.85 Å². The first-order chi connectivity index (χ1) is 21.1. The average molecular weight is 633 g/mol. The van der Waals surface area contributed by atoms with Crippen molar-refractivity contribution in [3.05, 3.63) is 71.8 Å². The highest BCUT2D eigenvalue weighted by Crippen LogP contribution is 2.37. The minimum atomic E-state index is -1.56. The van der Waals surface area contributed by atoms with Crippen molar-refractivity contribution in [1.82, 2.24) is 0 Å². The molecule has 2 aromatic carbocycles. The van der Waals surface area contributed by atoms with Gasteiger partial charge in [-0.15, -0.1) is 0 Å². The fraction of sp³-hybridized carbons (Fsp3) is 0.632. The number of rotatable bonds is 15. The third-order valence-corrected chi connectivity index (χ3v) is 11.2. The molecule has 4 rings (SSSR count). The summed E-state index contributed by atoms with van der Waals surface area (Å²) < 4.78 is 12.7. The zero-order valence-electron chi connectivity index (χ0n) is 28.7. The van der Waals surface area contributed by atoms with Gasteiger partial charge in [-0.05, 0) is 102 Å². The lowest BCUT2D eigenvalue weighted by atomic mass is 9.79. The smallest absolute Gasteiger partial charge is 0.183 e. The van der Waals surface area contributed by atoms with Crippen LogP contribution in [0.25, 0.3) is 0 Å². The Balaban J connectivity index is 1.68. The highest BCUT2D eigenvalue weighted by atomic mass is 28.4. The van der Waals surface area contributed by atoms with Crippen LogP contribution >= 0.6 is 0 Å². The van der Waals surface area contributed by atoms with E-state index in [1.807, 2.05) is 0 Å². The number of benzene rings is 2. The van der Waals surface area contributed by atoms with Gasteiger partial charge >= 0.3 is 0 Å². The molecule has 0 saturated heterocycles. The molecule has 0 amide bonds. The summed E-state index contributed by atoms with van der Waals surface area (Å²) in [6.45, 7) is 15.3. The van der Waals surface area contributed by atoms with Crippen molar-refractivity contribution in [2.45, 2.75) is 140 Å². The molecule has 0 bridgehead atoms. The van der Waals surface area contributed by atoms with Crippen LogP contribution in [-0.4, -0.2) is 53.4 Å². The standard InChI is InChI=1S/C38H60N2O2Si2/c1-43(2,3)41-29-17-27-37(39-35-25-15-13-23-33(35)31-19-9-7-10-20-31)38(28-18-30-42-44(4,5)6)40-36-26-16-14-24-34(36)32-21-11-8-12-22-32/h7-12,19-22,33-36H,13-18,23-30H2,1-6H3. The zero-order valence-corrected chi connectivity index (χ0v) is 30.7. The van der Waals surface area contributed by atoms with Gasteiger partial charge in [0.25, 0.3) is 0 Å². The third kappa shape index (κ3) is 11.8. The Morgan fingerprint density at radius 2 is 0.932 bits per heavy atom. The Bertz CT molecular complexity index is 1080. The zero-order chi connectivity index (χ0) is 31.4. The first-order valence-electron chi connectivity index (χ1n) is 17.6. The van der Waals surface area contributed by atoms with Crippen LogP contribution in [0.2, 0.25) is 39.3 Å². The highest BCUT2D eigenvalue weighted by Gasteiger charge is 2.30. The number of aliphatic imine (C=N–C) groups is 2. The van der Waals surface area contributed by atoms with Gasteiger partial charge in [0.2, 0.25) is 0 Å². The van der Waals surface area contributed by atoms with Crippen LogP contribution in [0.4, 0.5) is 0 Å². The predicted molar refractivity (Wildman–Crippen MR) is 195 cm³/mol. The molecule has 6 heteroatoms. The van der Waals surface area contributed by atoms with Gasteiger partial charge in [0.1, 0.15) is 0 Å². The second-order valence-corrected chi connectivity index (χ2v) is 24.0. The minimum absolute atomic E-state index is 0.318. The number of nitrogens with zero attached hydrogens (tertiary/aromatic N) is 2. The van der Waals surface area contributed by atoms with Gasteiger partial charge in [-0.1, -0.05) is 86.3 Å². The van der Waals surface area contributed by atoms with Crippen LogP contribution in [0.5, 0.6) is 0 Å². The molecule has 0 radical (unpaired) electrons. The molecule has 2 aliphatic carbocycles. The largest absolute Gasteiger partial charge is 0.418 e. The van der Waals surface area contributed by atoms with Gasteiger partial charge in [-0.3, -0.25) is 9.98 Å². The quantitative estimate of drug-likeness (QED) is 0.111. The topological polar surface area (TPSA) is 43.2 Å². The Morgan fingerprint density at radius 1 is 0.568 bits per heavy atom. The lowest BCUT2D eigenvalue weighted by Crippen LogP contribution is -2.30. The summed E-state index contributed by atoms with van der Waals surface area (Å²) in [6, 6.07) is 22.9. The summed E-state index contributed by atoms with van der Waals surface area (Å²) in [7, 11) is -3.12. The van der Waals surface area contributed by atoms with Gasteiger partial charge < -0.3 is 8.85 Å². The molecule has 4 atom stereocenters. The molecular formula is C38H60N2O2Si2. The normalized spacial score (nSPS) is 24.0. The second-order valence-electron chi connectivity index (χ2n) is 15.0. The van der Waals surface area contributed by atoms with E-state index in [-0.39, 0.29) is 0 Å². The van der Waals surface area contributed by atoms with E-state index in [0.29, 0.717) is 23.9 Å². The van der Waals surface area contributed by atoms with Gasteiger partial charge in [0, 0.05) is 25.0 Å². The lowest BCUT2D eigenvalue weighted by Gasteiger charge is -2.32. The number of hydrogen-bond donors (Lipinski definition) is 0. The molecule has 242 valence electrons. The maximum atomic E-state index is 6.33. The van der Waals surface area contributed by atoms with Crippen molar-refractivity contribution in [1.29, 1.82) is 0 Å². The van der Waals surface area contributed by atoms with Crippen molar-refractivity contribution < 1.29 is 8.85 Å². The molecule has 0 spiro atoms. The average Bonchev–Trinajstić information content (AvgIpc) is 3.00. The van der Waals surface area contributed by atoms with Gasteiger partial charge in [-0.25, -0.2) is 0 Å². The first-order valence-corrected chi connectivity index (χ1v) is 24.4. The summed E-state index contributed by atoms with van der Waals surface area (Å²) in [4.78, 5) is 11.5. The molecular weight excluding hydrogens is 573 g/mol. The SMILES string of the molecule is C[Si](C)(C)OCCCC(=NC1CCCCC1c1ccccc1)C(CCCO[Si](C)(C)C)=NC1CCCCC1c1ccccc1. The fourth-order valence-electron chi connectivity index (χ4n) is 6.91. The summed E-state index contributed by atoms with van der Waals surface area (Å²) in [5, 5.41) is 0. The van der Waals surface area contributed by atoms with Crippen molar-refractivity contribution in [3.63, 3.8) is 0 Å². The molecule has 4 nitrogen and oxygen atoms in total. The molecule has 2 aliphatic rings. The summed E-state index contributed by atoms with van der Waals surface area (Å²) in [6.07, 6.45) is 13.8. The molecule has 44 heavy (non-hydrogen) atoms. The van der Waals surface area contributed by atoms with Crippen LogP contribution in [0.3, 0.4) is 0 Å². The van der Waals surface area contributed by atoms with E-state index in [4.69, 9.17) is 18.8 Å². The Kier molecular flexibility index (Phi) is 13.7. The van der Waals surface area contributed by atoms with Crippen molar-refractivity contribution in [3.8, 4) is 0 Å². The summed E-state index contributed by atoms with van der Waals surface area (Å²) >= 11 is 0. The Hall–Kier alpha value is -1.87. The van der Waals surface area contributed by atoms with Crippen molar-refractivity contribution >= 4 is 28.1 Å². The molecule has 0 aliphatic heterocycles. The van der Waals surface area contributed by atoms with E-state index < -0.39 is 16.6 Å². The maximum Gasteiger partial charge on any atom is 0.183 e. The molecule has 2 aromatic rings. The third-order valence-electron chi connectivity index (χ3n) is 9.08. The van der Waals surface area contributed by atoms with Crippen LogP contribution in [0.1, 0.15) is 100 Å². The Morgan fingerprint density at radius 3 is 1.30 bits per heavy atom. The Labute approximate surface area is 271 Å².